The molecule has 0 aliphatic heterocycles. The molecule has 0 unspecified atom stereocenters. The Morgan fingerprint density at radius 1 is 1.24 bits per heavy atom. The summed E-state index contributed by atoms with van der Waals surface area (Å²) < 4.78 is 23.4. The molecule has 0 fully saturated rings. The number of nitrogens with zero attached hydrogens (tertiary/aromatic N) is 2. The van der Waals surface area contributed by atoms with Crippen LogP contribution in [0.2, 0.25) is 0 Å². The monoisotopic (exact) mass is 251 g/mol. The number of aromatic amines is 1. The number of benzene rings is 1. The van der Waals surface area contributed by atoms with Gasteiger partial charge < -0.3 is 0 Å². The summed E-state index contributed by atoms with van der Waals surface area (Å²) in [6.45, 7) is 0. The summed E-state index contributed by atoms with van der Waals surface area (Å²) in [4.78, 5) is 15.2. The van der Waals surface area contributed by atoms with Crippen molar-refractivity contribution in [1.29, 1.82) is 0 Å². The number of carbonyl (C=O) groups is 1. The lowest BCUT2D eigenvalue weighted by Gasteiger charge is -2.00. The highest BCUT2D eigenvalue weighted by atomic mass is 32.2. The highest BCUT2D eigenvalue weighted by molar-refractivity contribution is 7.92. The van der Waals surface area contributed by atoms with E-state index in [1.54, 1.807) is 30.3 Å². The zero-order valence-electron chi connectivity index (χ0n) is 8.70. The Kier molecular flexibility index (Phi) is 3.01. The van der Waals surface area contributed by atoms with Crippen LogP contribution >= 0.6 is 0 Å². The second-order valence-electron chi connectivity index (χ2n) is 3.34. The number of hydrogen-bond acceptors (Lipinski definition) is 5. The van der Waals surface area contributed by atoms with Crippen molar-refractivity contribution in [2.45, 2.75) is 5.16 Å². The number of ketones is 1. The van der Waals surface area contributed by atoms with Crippen molar-refractivity contribution in [3.8, 4) is 0 Å². The number of rotatable bonds is 4. The summed E-state index contributed by atoms with van der Waals surface area (Å²) in [5.41, 5.74) is 0.357. The van der Waals surface area contributed by atoms with Crippen LogP contribution in [0.5, 0.6) is 0 Å². The molecule has 0 amide bonds. The SMILES string of the molecule is O=C(CS(=O)(=O)c1ncn[nH]1)c1ccccc1. The molecule has 0 bridgehead atoms. The fourth-order valence-corrected chi connectivity index (χ4v) is 2.34. The largest absolute Gasteiger partial charge is 0.293 e. The van der Waals surface area contributed by atoms with Crippen LogP contribution in [0.25, 0.3) is 0 Å². The van der Waals surface area contributed by atoms with Crippen molar-refractivity contribution in [2.75, 3.05) is 5.75 Å². The molecule has 0 saturated heterocycles. The number of hydrogen-bond donors (Lipinski definition) is 1. The average molecular weight is 251 g/mol. The lowest BCUT2D eigenvalue weighted by atomic mass is 10.2. The van der Waals surface area contributed by atoms with Crippen LogP contribution in [0.3, 0.4) is 0 Å². The maximum Gasteiger partial charge on any atom is 0.243 e. The van der Waals surface area contributed by atoms with Crippen LogP contribution in [0, 0.1) is 0 Å². The van der Waals surface area contributed by atoms with Crippen molar-refractivity contribution in [2.24, 2.45) is 0 Å². The Bertz CT molecular complexity index is 606. The molecule has 7 heteroatoms. The Morgan fingerprint density at radius 2 is 1.94 bits per heavy atom. The van der Waals surface area contributed by atoms with Crippen molar-refractivity contribution < 1.29 is 13.2 Å². The van der Waals surface area contributed by atoms with Gasteiger partial charge in [-0.05, 0) is 0 Å². The van der Waals surface area contributed by atoms with Crippen molar-refractivity contribution in [3.05, 3.63) is 42.2 Å². The second-order valence-corrected chi connectivity index (χ2v) is 5.24. The van der Waals surface area contributed by atoms with Gasteiger partial charge in [-0.15, -0.1) is 0 Å². The van der Waals surface area contributed by atoms with Gasteiger partial charge in [0.2, 0.25) is 15.0 Å². The number of aromatic nitrogens is 3. The number of nitrogens with one attached hydrogen (secondary N) is 1. The first-order valence-electron chi connectivity index (χ1n) is 4.76. The molecule has 1 heterocycles. The molecular formula is C10H9N3O3S. The van der Waals surface area contributed by atoms with E-state index in [1.807, 2.05) is 0 Å². The van der Waals surface area contributed by atoms with Crippen molar-refractivity contribution in [3.63, 3.8) is 0 Å². The molecule has 0 radical (unpaired) electrons. The molecule has 2 rings (SSSR count). The maximum atomic E-state index is 11.7. The second kappa shape index (κ2) is 4.46. The van der Waals surface area contributed by atoms with Gasteiger partial charge in [-0.1, -0.05) is 30.3 Å². The van der Waals surface area contributed by atoms with Crippen LogP contribution in [0.1, 0.15) is 10.4 Å². The third-order valence-electron chi connectivity index (χ3n) is 2.10. The molecule has 88 valence electrons. The van der Waals surface area contributed by atoms with Gasteiger partial charge >= 0.3 is 0 Å². The summed E-state index contributed by atoms with van der Waals surface area (Å²) in [7, 11) is -3.74. The Labute approximate surface area is 97.6 Å². The average Bonchev–Trinajstić information content (AvgIpc) is 2.84. The summed E-state index contributed by atoms with van der Waals surface area (Å²) in [5, 5.41) is 5.38. The van der Waals surface area contributed by atoms with Gasteiger partial charge in [0.15, 0.2) is 5.78 Å². The Hall–Kier alpha value is -2.02. The fraction of sp³-hybridized carbons (Fsp3) is 0.100. The number of H-pyrrole nitrogens is 1. The maximum absolute atomic E-state index is 11.7. The molecule has 1 aromatic heterocycles. The molecule has 0 saturated carbocycles. The molecule has 0 aliphatic rings. The highest BCUT2D eigenvalue weighted by Crippen LogP contribution is 2.07. The van der Waals surface area contributed by atoms with Gasteiger partial charge in [-0.25, -0.2) is 13.4 Å². The lowest BCUT2D eigenvalue weighted by molar-refractivity contribution is 0.102. The molecule has 1 aromatic carbocycles. The molecule has 17 heavy (non-hydrogen) atoms. The Balaban J connectivity index is 2.21. The quantitative estimate of drug-likeness (QED) is 0.797. The zero-order valence-corrected chi connectivity index (χ0v) is 9.52. The van der Waals surface area contributed by atoms with Gasteiger partial charge in [0.05, 0.1) is 0 Å². The van der Waals surface area contributed by atoms with Crippen LogP contribution in [-0.2, 0) is 9.84 Å². The van der Waals surface area contributed by atoms with Gasteiger partial charge in [0, 0.05) is 5.56 Å². The van der Waals surface area contributed by atoms with E-state index in [4.69, 9.17) is 0 Å². The lowest BCUT2D eigenvalue weighted by Crippen LogP contribution is -2.17. The fourth-order valence-electron chi connectivity index (χ4n) is 1.29. The van der Waals surface area contributed by atoms with E-state index in [0.29, 0.717) is 5.56 Å². The number of Topliss-reactive ketones (excluding diaryl/α,β-unsaturated/α-hetero) is 1. The summed E-state index contributed by atoms with van der Waals surface area (Å²) >= 11 is 0. The first-order chi connectivity index (χ1) is 8.09. The van der Waals surface area contributed by atoms with Crippen LogP contribution in [-0.4, -0.2) is 35.1 Å². The third kappa shape index (κ3) is 2.56. The summed E-state index contributed by atoms with van der Waals surface area (Å²) in [5.74, 6) is -1.09. The molecule has 1 N–H and O–H groups in total. The van der Waals surface area contributed by atoms with Gasteiger partial charge in [-0.2, -0.15) is 5.10 Å². The summed E-state index contributed by atoms with van der Waals surface area (Å²) in [6, 6.07) is 8.24. The molecular weight excluding hydrogens is 242 g/mol. The molecule has 2 aromatic rings. The molecule has 0 spiro atoms. The zero-order chi connectivity index (χ0) is 12.3. The minimum Gasteiger partial charge on any atom is -0.293 e. The van der Waals surface area contributed by atoms with Crippen molar-refractivity contribution in [1.82, 2.24) is 15.2 Å². The highest BCUT2D eigenvalue weighted by Gasteiger charge is 2.22. The van der Waals surface area contributed by atoms with E-state index in [0.717, 1.165) is 6.33 Å². The van der Waals surface area contributed by atoms with Gasteiger partial charge in [0.25, 0.3) is 0 Å². The van der Waals surface area contributed by atoms with Gasteiger partial charge in [-0.3, -0.25) is 9.89 Å². The number of sulfone groups is 1. The van der Waals surface area contributed by atoms with E-state index in [1.165, 1.54) is 0 Å². The molecule has 0 atom stereocenters. The smallest absolute Gasteiger partial charge is 0.243 e. The van der Waals surface area contributed by atoms with Crippen LogP contribution in [0.4, 0.5) is 0 Å². The molecule has 0 aliphatic carbocycles. The van der Waals surface area contributed by atoms with E-state index in [9.17, 15) is 13.2 Å². The summed E-state index contributed by atoms with van der Waals surface area (Å²) in [6.07, 6.45) is 1.08. The minimum atomic E-state index is -3.74. The Morgan fingerprint density at radius 3 is 2.53 bits per heavy atom. The third-order valence-corrected chi connectivity index (χ3v) is 3.53. The first-order valence-corrected chi connectivity index (χ1v) is 6.41. The van der Waals surface area contributed by atoms with E-state index >= 15 is 0 Å². The normalized spacial score (nSPS) is 11.3. The molecule has 6 nitrogen and oxygen atoms in total. The topological polar surface area (TPSA) is 92.8 Å². The van der Waals surface area contributed by atoms with E-state index < -0.39 is 21.4 Å². The predicted molar refractivity (Wildman–Crippen MR) is 59.2 cm³/mol. The van der Waals surface area contributed by atoms with Crippen LogP contribution < -0.4 is 0 Å². The van der Waals surface area contributed by atoms with E-state index in [-0.39, 0.29) is 5.16 Å². The van der Waals surface area contributed by atoms with Crippen LogP contribution in [0.15, 0.2) is 41.8 Å². The minimum absolute atomic E-state index is 0.290. The number of carbonyl (C=O) groups excluding carboxylic acids is 1. The predicted octanol–water partition coefficient (Wildman–Crippen LogP) is 0.461. The van der Waals surface area contributed by atoms with Crippen molar-refractivity contribution >= 4 is 15.6 Å². The standard InChI is InChI=1S/C10H9N3O3S/c14-9(8-4-2-1-3-5-8)6-17(15,16)10-11-7-12-13-10/h1-5,7H,6H2,(H,11,12,13). The van der Waals surface area contributed by atoms with E-state index in [2.05, 4.69) is 15.2 Å². The van der Waals surface area contributed by atoms with Gasteiger partial charge in [0.1, 0.15) is 12.1 Å². The first kappa shape index (κ1) is 11.5.